The predicted molar refractivity (Wildman–Crippen MR) is 126 cm³/mol. The van der Waals surface area contributed by atoms with Crippen LogP contribution in [0.5, 0.6) is 17.2 Å². The molecule has 1 heterocycles. The van der Waals surface area contributed by atoms with E-state index in [1.807, 2.05) is 13.8 Å². The summed E-state index contributed by atoms with van der Waals surface area (Å²) in [4.78, 5) is 31.7. The van der Waals surface area contributed by atoms with E-state index >= 15 is 0 Å². The third-order valence-electron chi connectivity index (χ3n) is 4.76. The van der Waals surface area contributed by atoms with E-state index in [0.29, 0.717) is 41.2 Å². The fourth-order valence-corrected chi connectivity index (χ4v) is 4.40. The largest absolute Gasteiger partial charge is 0.497 e. The molecule has 1 aliphatic rings. The van der Waals surface area contributed by atoms with Crippen molar-refractivity contribution in [2.24, 2.45) is 4.99 Å². The molecular weight excluding hydrogens is 430 g/mol. The number of carbonyl (C=O) groups excluding carboxylic acids is 2. The number of thioether (sulfide) groups is 1. The van der Waals surface area contributed by atoms with Crippen LogP contribution in [0.1, 0.15) is 20.3 Å². The van der Waals surface area contributed by atoms with Crippen molar-refractivity contribution >= 4 is 40.1 Å². The first-order chi connectivity index (χ1) is 15.5. The number of aliphatic imine (C=N–C) groups is 1. The molecular formula is C23H27N3O5S. The molecule has 1 fully saturated rings. The second kappa shape index (κ2) is 10.9. The van der Waals surface area contributed by atoms with E-state index < -0.39 is 5.25 Å². The van der Waals surface area contributed by atoms with Crippen LogP contribution in [0.3, 0.4) is 0 Å². The molecule has 2 aromatic rings. The quantitative estimate of drug-likeness (QED) is 0.610. The van der Waals surface area contributed by atoms with Gasteiger partial charge in [-0.25, -0.2) is 4.99 Å². The number of benzene rings is 2. The molecule has 0 saturated carbocycles. The molecule has 9 heteroatoms. The molecule has 1 unspecified atom stereocenters. The van der Waals surface area contributed by atoms with E-state index in [0.717, 1.165) is 5.75 Å². The van der Waals surface area contributed by atoms with Crippen LogP contribution in [0, 0.1) is 0 Å². The van der Waals surface area contributed by atoms with Gasteiger partial charge in [0.2, 0.25) is 11.8 Å². The van der Waals surface area contributed by atoms with Gasteiger partial charge in [0.15, 0.2) is 5.17 Å². The Kier molecular flexibility index (Phi) is 7.99. The number of amides is 2. The Morgan fingerprint density at radius 1 is 1.09 bits per heavy atom. The van der Waals surface area contributed by atoms with Gasteiger partial charge in [-0.05, 0) is 50.2 Å². The molecule has 0 aliphatic carbocycles. The van der Waals surface area contributed by atoms with Crippen LogP contribution in [-0.4, -0.2) is 54.5 Å². The monoisotopic (exact) mass is 457 g/mol. The molecule has 170 valence electrons. The van der Waals surface area contributed by atoms with Crippen molar-refractivity contribution < 1.29 is 23.8 Å². The molecule has 1 N–H and O–H groups in total. The van der Waals surface area contributed by atoms with Crippen LogP contribution < -0.4 is 19.5 Å². The highest BCUT2D eigenvalue weighted by molar-refractivity contribution is 8.15. The normalized spacial score (nSPS) is 16.9. The van der Waals surface area contributed by atoms with Crippen LogP contribution in [0.4, 0.5) is 11.4 Å². The Bertz CT molecular complexity index is 994. The minimum atomic E-state index is -0.548. The molecule has 1 saturated heterocycles. The number of carbonyl (C=O) groups is 2. The number of anilines is 1. The zero-order valence-electron chi connectivity index (χ0n) is 18.6. The summed E-state index contributed by atoms with van der Waals surface area (Å²) in [7, 11) is 3.13. The fraction of sp³-hybridized carbons (Fsp3) is 0.348. The first kappa shape index (κ1) is 23.5. The van der Waals surface area contributed by atoms with Crippen LogP contribution >= 0.6 is 11.8 Å². The molecule has 0 radical (unpaired) electrons. The maximum atomic E-state index is 12.9. The highest BCUT2D eigenvalue weighted by Gasteiger charge is 2.38. The first-order valence-corrected chi connectivity index (χ1v) is 11.2. The lowest BCUT2D eigenvalue weighted by Gasteiger charge is -2.14. The smallest absolute Gasteiger partial charge is 0.242 e. The number of methoxy groups -OCH3 is 2. The van der Waals surface area contributed by atoms with Crippen LogP contribution in [0.25, 0.3) is 0 Å². The van der Waals surface area contributed by atoms with Gasteiger partial charge in [0.25, 0.3) is 0 Å². The standard InChI is InChI=1S/C23H27N3O5S/c1-5-26-22(28)20(14-21(27)24-15-7-9-16(10-8-15)31-6-2)32-23(26)25-18-13-17(29-3)11-12-19(18)30-4/h7-13,20H,5-6,14H2,1-4H3,(H,24,27). The van der Waals surface area contributed by atoms with Crippen molar-refractivity contribution in [1.82, 2.24) is 4.90 Å². The van der Waals surface area contributed by atoms with Gasteiger partial charge in [0, 0.05) is 24.7 Å². The highest BCUT2D eigenvalue weighted by atomic mass is 32.2. The van der Waals surface area contributed by atoms with Gasteiger partial charge in [-0.3, -0.25) is 14.5 Å². The topological polar surface area (TPSA) is 89.5 Å². The molecule has 1 atom stereocenters. The lowest BCUT2D eigenvalue weighted by Crippen LogP contribution is -2.33. The van der Waals surface area contributed by atoms with E-state index in [9.17, 15) is 9.59 Å². The minimum Gasteiger partial charge on any atom is -0.497 e. The lowest BCUT2D eigenvalue weighted by molar-refractivity contribution is -0.128. The Labute approximate surface area is 191 Å². The third-order valence-corrected chi connectivity index (χ3v) is 5.93. The predicted octanol–water partition coefficient (Wildman–Crippen LogP) is 4.08. The number of rotatable bonds is 9. The second-order valence-corrected chi connectivity index (χ2v) is 8.00. The Morgan fingerprint density at radius 2 is 1.81 bits per heavy atom. The summed E-state index contributed by atoms with van der Waals surface area (Å²) in [5.74, 6) is 1.56. The average Bonchev–Trinajstić information content (AvgIpc) is 3.08. The molecule has 8 nitrogen and oxygen atoms in total. The Morgan fingerprint density at radius 3 is 2.44 bits per heavy atom. The van der Waals surface area contributed by atoms with Crippen molar-refractivity contribution in [1.29, 1.82) is 0 Å². The van der Waals surface area contributed by atoms with Gasteiger partial charge in [-0.15, -0.1) is 0 Å². The van der Waals surface area contributed by atoms with Gasteiger partial charge < -0.3 is 19.5 Å². The lowest BCUT2D eigenvalue weighted by atomic mass is 10.2. The summed E-state index contributed by atoms with van der Waals surface area (Å²) in [6.07, 6.45) is 0.0431. The first-order valence-electron chi connectivity index (χ1n) is 10.3. The van der Waals surface area contributed by atoms with Crippen LogP contribution in [-0.2, 0) is 9.59 Å². The molecule has 0 bridgehead atoms. The van der Waals surface area contributed by atoms with Gasteiger partial charge >= 0.3 is 0 Å². The Balaban J connectivity index is 1.72. The van der Waals surface area contributed by atoms with Gasteiger partial charge in [-0.2, -0.15) is 0 Å². The average molecular weight is 458 g/mol. The summed E-state index contributed by atoms with van der Waals surface area (Å²) in [5, 5.41) is 2.82. The van der Waals surface area contributed by atoms with E-state index in [-0.39, 0.29) is 18.2 Å². The van der Waals surface area contributed by atoms with Crippen molar-refractivity contribution in [3.8, 4) is 17.2 Å². The SMILES string of the molecule is CCOc1ccc(NC(=O)CC2SC(=Nc3cc(OC)ccc3OC)N(CC)C2=O)cc1. The van der Waals surface area contributed by atoms with E-state index in [4.69, 9.17) is 14.2 Å². The van der Waals surface area contributed by atoms with Gasteiger partial charge in [0.05, 0.1) is 20.8 Å². The molecule has 32 heavy (non-hydrogen) atoms. The summed E-state index contributed by atoms with van der Waals surface area (Å²) < 4.78 is 16.1. The molecule has 2 amide bonds. The van der Waals surface area contributed by atoms with Crippen LogP contribution in [0.2, 0.25) is 0 Å². The number of hydrogen-bond donors (Lipinski definition) is 1. The number of hydrogen-bond acceptors (Lipinski definition) is 7. The number of nitrogens with one attached hydrogen (secondary N) is 1. The summed E-state index contributed by atoms with van der Waals surface area (Å²) >= 11 is 1.28. The molecule has 0 aromatic heterocycles. The zero-order chi connectivity index (χ0) is 23.1. The number of ether oxygens (including phenoxy) is 3. The fourth-order valence-electron chi connectivity index (χ4n) is 3.18. The summed E-state index contributed by atoms with van der Waals surface area (Å²) in [5.41, 5.74) is 1.20. The van der Waals surface area contributed by atoms with Gasteiger partial charge in [0.1, 0.15) is 28.2 Å². The molecule has 3 rings (SSSR count). The Hall–Kier alpha value is -3.20. The van der Waals surface area contributed by atoms with Crippen molar-refractivity contribution in [2.75, 3.05) is 32.7 Å². The highest BCUT2D eigenvalue weighted by Crippen LogP contribution is 2.36. The number of nitrogens with zero attached hydrogens (tertiary/aromatic N) is 2. The van der Waals surface area contributed by atoms with Crippen molar-refractivity contribution in [3.63, 3.8) is 0 Å². The minimum absolute atomic E-state index is 0.0431. The van der Waals surface area contributed by atoms with Crippen molar-refractivity contribution in [2.45, 2.75) is 25.5 Å². The van der Waals surface area contributed by atoms with Crippen LogP contribution in [0.15, 0.2) is 47.5 Å². The second-order valence-electron chi connectivity index (χ2n) is 6.83. The summed E-state index contributed by atoms with van der Waals surface area (Å²) in [6, 6.07) is 12.4. The van der Waals surface area contributed by atoms with E-state index in [1.165, 1.54) is 11.8 Å². The number of amidine groups is 1. The van der Waals surface area contributed by atoms with E-state index in [1.54, 1.807) is 61.6 Å². The third kappa shape index (κ3) is 5.53. The zero-order valence-corrected chi connectivity index (χ0v) is 19.4. The van der Waals surface area contributed by atoms with Crippen molar-refractivity contribution in [3.05, 3.63) is 42.5 Å². The van der Waals surface area contributed by atoms with Gasteiger partial charge in [-0.1, -0.05) is 11.8 Å². The molecule has 2 aromatic carbocycles. The maximum absolute atomic E-state index is 12.9. The molecule has 1 aliphatic heterocycles. The maximum Gasteiger partial charge on any atom is 0.242 e. The molecule has 0 spiro atoms. The van der Waals surface area contributed by atoms with E-state index in [2.05, 4.69) is 10.3 Å². The summed E-state index contributed by atoms with van der Waals surface area (Å²) in [6.45, 7) is 4.81.